The zero-order chi connectivity index (χ0) is 14.0. The number of aryl methyl sites for hydroxylation is 1. The molecular formula is C13H22N2O2S2. The fourth-order valence-electron chi connectivity index (χ4n) is 1.84. The molecule has 0 amide bonds. The molecule has 0 bridgehead atoms. The van der Waals surface area contributed by atoms with Gasteiger partial charge in [-0.1, -0.05) is 0 Å². The minimum atomic E-state index is -3.27. The van der Waals surface area contributed by atoms with Gasteiger partial charge in [-0.25, -0.2) is 13.1 Å². The molecule has 1 aliphatic carbocycles. The first kappa shape index (κ1) is 15.0. The average Bonchev–Trinajstić information content (AvgIpc) is 3.06. The molecular weight excluding hydrogens is 280 g/mol. The maximum absolute atomic E-state index is 12.2. The first-order valence-corrected chi connectivity index (χ1v) is 9.05. The van der Waals surface area contributed by atoms with Gasteiger partial charge in [0.25, 0.3) is 0 Å². The summed E-state index contributed by atoms with van der Waals surface area (Å²) >= 11 is 1.63. The van der Waals surface area contributed by atoms with Crippen LogP contribution in [0.1, 0.15) is 42.5 Å². The highest BCUT2D eigenvalue weighted by atomic mass is 32.2. The molecule has 0 radical (unpaired) electrons. The van der Waals surface area contributed by atoms with Crippen molar-refractivity contribution >= 4 is 21.4 Å². The Kier molecular flexibility index (Phi) is 4.66. The first-order valence-electron chi connectivity index (χ1n) is 6.69. The Bertz CT molecular complexity index is 521. The second-order valence-corrected chi connectivity index (χ2v) is 8.78. The number of thiophene rings is 1. The lowest BCUT2D eigenvalue weighted by Gasteiger charge is -2.18. The zero-order valence-corrected chi connectivity index (χ0v) is 13.3. The maximum atomic E-state index is 12.2. The molecule has 6 heteroatoms. The second-order valence-electron chi connectivity index (χ2n) is 5.33. The normalized spacial score (nSPS) is 19.3. The van der Waals surface area contributed by atoms with E-state index in [4.69, 9.17) is 0 Å². The minimum Gasteiger partial charge on any atom is -0.313 e. The first-order chi connectivity index (χ1) is 8.88. The molecule has 1 aliphatic rings. The van der Waals surface area contributed by atoms with E-state index < -0.39 is 15.3 Å². The Balaban J connectivity index is 1.91. The van der Waals surface area contributed by atoms with Gasteiger partial charge in [-0.05, 0) is 45.7 Å². The van der Waals surface area contributed by atoms with E-state index in [0.29, 0.717) is 12.6 Å². The summed E-state index contributed by atoms with van der Waals surface area (Å²) in [6, 6.07) is 4.38. The third-order valence-electron chi connectivity index (χ3n) is 3.33. The number of hydrogen-bond donors (Lipinski definition) is 2. The fraction of sp³-hybridized carbons (Fsp3) is 0.692. The molecule has 1 aromatic heterocycles. The van der Waals surface area contributed by atoms with Gasteiger partial charge in [0.1, 0.15) is 0 Å². The lowest BCUT2D eigenvalue weighted by Crippen LogP contribution is -2.40. The quantitative estimate of drug-likeness (QED) is 0.811. The van der Waals surface area contributed by atoms with Gasteiger partial charge in [0.05, 0.1) is 11.3 Å². The van der Waals surface area contributed by atoms with Crippen molar-refractivity contribution in [2.24, 2.45) is 0 Å². The molecule has 1 heterocycles. The lowest BCUT2D eigenvalue weighted by atomic mass is 10.3. The lowest BCUT2D eigenvalue weighted by molar-refractivity contribution is 0.546. The molecule has 2 N–H and O–H groups in total. The summed E-state index contributed by atoms with van der Waals surface area (Å²) in [6.45, 7) is 6.20. The Morgan fingerprint density at radius 2 is 2.05 bits per heavy atom. The van der Waals surface area contributed by atoms with Crippen molar-refractivity contribution in [1.82, 2.24) is 10.0 Å². The van der Waals surface area contributed by atoms with E-state index in [2.05, 4.69) is 10.0 Å². The summed E-state index contributed by atoms with van der Waals surface area (Å²) < 4.78 is 27.2. The van der Waals surface area contributed by atoms with Crippen LogP contribution >= 0.6 is 11.3 Å². The van der Waals surface area contributed by atoms with Gasteiger partial charge >= 0.3 is 0 Å². The summed E-state index contributed by atoms with van der Waals surface area (Å²) in [4.78, 5) is 2.26. The van der Waals surface area contributed by atoms with Crippen LogP contribution in [0.5, 0.6) is 0 Å². The number of rotatable bonds is 7. The minimum absolute atomic E-state index is 0.160. The molecule has 108 valence electrons. The Morgan fingerprint density at radius 3 is 2.58 bits per heavy atom. The molecule has 0 spiro atoms. The van der Waals surface area contributed by atoms with Crippen molar-refractivity contribution in [3.63, 3.8) is 0 Å². The largest absolute Gasteiger partial charge is 0.313 e. The topological polar surface area (TPSA) is 58.2 Å². The predicted molar refractivity (Wildman–Crippen MR) is 80.0 cm³/mol. The van der Waals surface area contributed by atoms with E-state index in [-0.39, 0.29) is 6.04 Å². The van der Waals surface area contributed by atoms with Crippen molar-refractivity contribution in [2.75, 3.05) is 6.54 Å². The summed E-state index contributed by atoms with van der Waals surface area (Å²) in [5.41, 5.74) is 0. The Morgan fingerprint density at radius 1 is 1.37 bits per heavy atom. The molecule has 1 aromatic rings. The third kappa shape index (κ3) is 4.27. The molecule has 1 saturated carbocycles. The Hall–Kier alpha value is -0.430. The van der Waals surface area contributed by atoms with Crippen molar-refractivity contribution in [3.8, 4) is 0 Å². The summed E-state index contributed by atoms with van der Waals surface area (Å²) in [5, 5.41) is 2.86. The van der Waals surface area contributed by atoms with E-state index in [1.807, 2.05) is 26.0 Å². The molecule has 2 rings (SSSR count). The second kappa shape index (κ2) is 5.91. The van der Waals surface area contributed by atoms with Gasteiger partial charge < -0.3 is 5.32 Å². The summed E-state index contributed by atoms with van der Waals surface area (Å²) in [6.07, 6.45) is 2.34. The smallest absolute Gasteiger partial charge is 0.216 e. The summed E-state index contributed by atoms with van der Waals surface area (Å²) in [7, 11) is -3.27. The van der Waals surface area contributed by atoms with Crippen LogP contribution in [0.15, 0.2) is 12.1 Å². The van der Waals surface area contributed by atoms with Crippen LogP contribution in [-0.2, 0) is 10.0 Å². The van der Waals surface area contributed by atoms with Crippen LogP contribution in [-0.4, -0.2) is 26.3 Å². The van der Waals surface area contributed by atoms with E-state index in [1.165, 1.54) is 17.7 Å². The highest BCUT2D eigenvalue weighted by Crippen LogP contribution is 2.23. The number of nitrogens with one attached hydrogen (secondary N) is 2. The van der Waals surface area contributed by atoms with Crippen molar-refractivity contribution < 1.29 is 8.42 Å². The SMILES string of the molecule is Cc1ccc(C(C)NS(=O)(=O)C(C)CNC2CC2)s1. The standard InChI is InChI=1S/C13H22N2O2S2/c1-9-4-7-13(18-9)11(3)15-19(16,17)10(2)8-14-12-5-6-12/h4,7,10-12,14-15H,5-6,8H2,1-3H3. The molecule has 19 heavy (non-hydrogen) atoms. The van der Waals surface area contributed by atoms with Crippen LogP contribution in [0.2, 0.25) is 0 Å². The van der Waals surface area contributed by atoms with Crippen LogP contribution in [0.25, 0.3) is 0 Å². The monoisotopic (exact) mass is 302 g/mol. The van der Waals surface area contributed by atoms with Gasteiger partial charge in [0.2, 0.25) is 10.0 Å². The van der Waals surface area contributed by atoms with E-state index in [1.54, 1.807) is 18.3 Å². The van der Waals surface area contributed by atoms with Gasteiger partial charge in [-0.3, -0.25) is 0 Å². The Labute approximate surface area is 119 Å². The highest BCUT2D eigenvalue weighted by Gasteiger charge is 2.27. The number of hydrogen-bond acceptors (Lipinski definition) is 4. The van der Waals surface area contributed by atoms with Gasteiger partial charge in [0.15, 0.2) is 0 Å². The van der Waals surface area contributed by atoms with E-state index in [0.717, 1.165) is 4.88 Å². The third-order valence-corrected chi connectivity index (χ3v) is 6.42. The highest BCUT2D eigenvalue weighted by molar-refractivity contribution is 7.90. The van der Waals surface area contributed by atoms with Gasteiger partial charge in [-0.15, -0.1) is 11.3 Å². The van der Waals surface area contributed by atoms with E-state index >= 15 is 0 Å². The fourth-order valence-corrected chi connectivity index (χ4v) is 3.96. The molecule has 2 atom stereocenters. The molecule has 1 fully saturated rings. The van der Waals surface area contributed by atoms with Crippen LogP contribution < -0.4 is 10.0 Å². The predicted octanol–water partition coefficient (Wildman–Crippen LogP) is 2.18. The molecule has 0 saturated heterocycles. The molecule has 0 aromatic carbocycles. The maximum Gasteiger partial charge on any atom is 0.216 e. The molecule has 4 nitrogen and oxygen atoms in total. The molecule has 0 aliphatic heterocycles. The van der Waals surface area contributed by atoms with Crippen molar-refractivity contribution in [1.29, 1.82) is 0 Å². The molecule has 2 unspecified atom stereocenters. The van der Waals surface area contributed by atoms with Crippen LogP contribution in [0.4, 0.5) is 0 Å². The van der Waals surface area contributed by atoms with Gasteiger partial charge in [0, 0.05) is 22.3 Å². The van der Waals surface area contributed by atoms with Crippen molar-refractivity contribution in [2.45, 2.75) is 50.9 Å². The summed E-state index contributed by atoms with van der Waals surface area (Å²) in [5.74, 6) is 0. The zero-order valence-electron chi connectivity index (χ0n) is 11.6. The average molecular weight is 302 g/mol. The van der Waals surface area contributed by atoms with Gasteiger partial charge in [-0.2, -0.15) is 0 Å². The van der Waals surface area contributed by atoms with Crippen LogP contribution in [0.3, 0.4) is 0 Å². The van der Waals surface area contributed by atoms with Crippen LogP contribution in [0, 0.1) is 6.92 Å². The van der Waals surface area contributed by atoms with Crippen molar-refractivity contribution in [3.05, 3.63) is 21.9 Å². The number of sulfonamides is 1. The van der Waals surface area contributed by atoms with E-state index in [9.17, 15) is 8.42 Å².